The zero-order valence-corrected chi connectivity index (χ0v) is 14.7. The van der Waals surface area contributed by atoms with E-state index in [2.05, 4.69) is 15.3 Å². The van der Waals surface area contributed by atoms with Gasteiger partial charge in [0.1, 0.15) is 5.82 Å². The smallest absolute Gasteiger partial charge is 0.261 e. The summed E-state index contributed by atoms with van der Waals surface area (Å²) in [5.41, 5.74) is 13.0. The van der Waals surface area contributed by atoms with E-state index in [9.17, 15) is 9.18 Å². The maximum atomic E-state index is 13.9. The standard InChI is InChI=1S/C18H18FN5OS/c19-13-9-11(10-20)1-2-12(13)5-7-22-17(25)16-4-3-15(26-16)14-6-8-23-18(21)24-14/h1-4,6,8-9H,5,7,10,20H2,(H,22,25)(H2,21,23,24). The van der Waals surface area contributed by atoms with Crippen LogP contribution in [0, 0.1) is 5.82 Å². The van der Waals surface area contributed by atoms with Crippen molar-refractivity contribution in [3.63, 3.8) is 0 Å². The molecule has 0 saturated carbocycles. The molecule has 0 atom stereocenters. The Morgan fingerprint density at radius 1 is 1.23 bits per heavy atom. The van der Waals surface area contributed by atoms with E-state index in [0.717, 1.165) is 10.4 Å². The van der Waals surface area contributed by atoms with E-state index in [-0.39, 0.29) is 17.7 Å². The predicted molar refractivity (Wildman–Crippen MR) is 100 cm³/mol. The zero-order chi connectivity index (χ0) is 18.5. The third kappa shape index (κ3) is 4.22. The van der Waals surface area contributed by atoms with E-state index >= 15 is 0 Å². The van der Waals surface area contributed by atoms with Crippen LogP contribution < -0.4 is 16.8 Å². The van der Waals surface area contributed by atoms with E-state index in [0.29, 0.717) is 35.6 Å². The molecule has 1 aromatic carbocycles. The van der Waals surface area contributed by atoms with Gasteiger partial charge < -0.3 is 16.8 Å². The molecule has 0 unspecified atom stereocenters. The molecule has 0 bridgehead atoms. The fraction of sp³-hybridized carbons (Fsp3) is 0.167. The van der Waals surface area contributed by atoms with E-state index in [1.165, 1.54) is 17.4 Å². The molecule has 2 heterocycles. The number of amides is 1. The quantitative estimate of drug-likeness (QED) is 0.617. The topological polar surface area (TPSA) is 107 Å². The van der Waals surface area contributed by atoms with Gasteiger partial charge in [0.2, 0.25) is 5.95 Å². The molecule has 2 aromatic heterocycles. The Kier molecular flexibility index (Phi) is 5.55. The Morgan fingerprint density at radius 3 is 2.81 bits per heavy atom. The number of nitrogens with two attached hydrogens (primary N) is 2. The molecule has 0 fully saturated rings. The van der Waals surface area contributed by atoms with Crippen molar-refractivity contribution in [3.05, 3.63) is 64.4 Å². The molecule has 5 N–H and O–H groups in total. The highest BCUT2D eigenvalue weighted by atomic mass is 32.1. The van der Waals surface area contributed by atoms with Gasteiger partial charge in [0.05, 0.1) is 15.4 Å². The number of carbonyl (C=O) groups is 1. The molecular weight excluding hydrogens is 353 g/mol. The van der Waals surface area contributed by atoms with Crippen molar-refractivity contribution >= 4 is 23.2 Å². The summed E-state index contributed by atoms with van der Waals surface area (Å²) in [6, 6.07) is 10.2. The number of hydrogen-bond donors (Lipinski definition) is 3. The van der Waals surface area contributed by atoms with E-state index < -0.39 is 0 Å². The van der Waals surface area contributed by atoms with Gasteiger partial charge in [-0.05, 0) is 41.8 Å². The maximum Gasteiger partial charge on any atom is 0.261 e. The van der Waals surface area contributed by atoms with Crippen LogP contribution in [0.2, 0.25) is 0 Å². The fourth-order valence-electron chi connectivity index (χ4n) is 2.43. The lowest BCUT2D eigenvalue weighted by Crippen LogP contribution is -2.25. The highest BCUT2D eigenvalue weighted by molar-refractivity contribution is 7.17. The van der Waals surface area contributed by atoms with Crippen molar-refractivity contribution in [2.45, 2.75) is 13.0 Å². The number of anilines is 1. The zero-order valence-electron chi connectivity index (χ0n) is 13.9. The van der Waals surface area contributed by atoms with E-state index in [1.807, 2.05) is 6.07 Å². The number of thiophene rings is 1. The lowest BCUT2D eigenvalue weighted by atomic mass is 10.1. The van der Waals surface area contributed by atoms with Gasteiger partial charge in [-0.15, -0.1) is 11.3 Å². The Balaban J connectivity index is 1.59. The molecule has 3 rings (SSSR count). The highest BCUT2D eigenvalue weighted by Gasteiger charge is 2.11. The summed E-state index contributed by atoms with van der Waals surface area (Å²) in [4.78, 5) is 21.6. The second kappa shape index (κ2) is 8.03. The van der Waals surface area contributed by atoms with Gasteiger partial charge in [-0.3, -0.25) is 4.79 Å². The molecule has 0 saturated heterocycles. The van der Waals surface area contributed by atoms with Crippen LogP contribution in [0.25, 0.3) is 10.6 Å². The summed E-state index contributed by atoms with van der Waals surface area (Å²) in [5.74, 6) is -0.325. The van der Waals surface area contributed by atoms with Gasteiger partial charge in [-0.2, -0.15) is 0 Å². The van der Waals surface area contributed by atoms with Crippen LogP contribution in [-0.4, -0.2) is 22.4 Å². The summed E-state index contributed by atoms with van der Waals surface area (Å²) < 4.78 is 13.9. The molecule has 0 radical (unpaired) electrons. The molecule has 26 heavy (non-hydrogen) atoms. The van der Waals surface area contributed by atoms with Gasteiger partial charge in [0.15, 0.2) is 0 Å². The average molecular weight is 371 g/mol. The number of rotatable bonds is 6. The van der Waals surface area contributed by atoms with Gasteiger partial charge >= 0.3 is 0 Å². The minimum atomic E-state index is -0.304. The molecular formula is C18H18FN5OS. The first-order chi connectivity index (χ1) is 12.6. The summed E-state index contributed by atoms with van der Waals surface area (Å²) in [7, 11) is 0. The van der Waals surface area contributed by atoms with Crippen LogP contribution in [0.4, 0.5) is 10.3 Å². The Hall–Kier alpha value is -2.84. The normalized spacial score (nSPS) is 10.7. The first kappa shape index (κ1) is 18.0. The van der Waals surface area contributed by atoms with Crippen LogP contribution in [0.15, 0.2) is 42.6 Å². The monoisotopic (exact) mass is 371 g/mol. The molecule has 3 aromatic rings. The molecule has 0 spiro atoms. The van der Waals surface area contributed by atoms with Crippen LogP contribution >= 0.6 is 11.3 Å². The van der Waals surface area contributed by atoms with Crippen molar-refractivity contribution < 1.29 is 9.18 Å². The minimum Gasteiger partial charge on any atom is -0.368 e. The lowest BCUT2D eigenvalue weighted by Gasteiger charge is -2.06. The highest BCUT2D eigenvalue weighted by Crippen LogP contribution is 2.26. The van der Waals surface area contributed by atoms with Gasteiger partial charge in [0, 0.05) is 19.3 Å². The third-order valence-corrected chi connectivity index (χ3v) is 4.90. The van der Waals surface area contributed by atoms with Crippen LogP contribution in [0.5, 0.6) is 0 Å². The number of carbonyl (C=O) groups excluding carboxylic acids is 1. The number of nitrogens with zero attached hydrogens (tertiary/aromatic N) is 2. The summed E-state index contributed by atoms with van der Waals surface area (Å²) >= 11 is 1.31. The van der Waals surface area contributed by atoms with E-state index in [1.54, 1.807) is 30.5 Å². The Bertz CT molecular complexity index is 927. The maximum absolute atomic E-state index is 13.9. The number of aromatic nitrogens is 2. The molecule has 8 heteroatoms. The first-order valence-electron chi connectivity index (χ1n) is 8.01. The third-order valence-electron chi connectivity index (χ3n) is 3.79. The van der Waals surface area contributed by atoms with Gasteiger partial charge in [0.25, 0.3) is 5.91 Å². The van der Waals surface area contributed by atoms with Crippen LogP contribution in [0.1, 0.15) is 20.8 Å². The van der Waals surface area contributed by atoms with Crippen molar-refractivity contribution in [2.75, 3.05) is 12.3 Å². The molecule has 0 aliphatic heterocycles. The SMILES string of the molecule is NCc1ccc(CCNC(=O)c2ccc(-c3ccnc(N)n3)s2)c(F)c1. The fourth-order valence-corrected chi connectivity index (χ4v) is 3.32. The van der Waals surface area contributed by atoms with Crippen molar-refractivity contribution in [2.24, 2.45) is 5.73 Å². The number of nitrogens with one attached hydrogen (secondary N) is 1. The minimum absolute atomic E-state index is 0.185. The Morgan fingerprint density at radius 2 is 2.08 bits per heavy atom. The average Bonchev–Trinajstić information content (AvgIpc) is 3.13. The van der Waals surface area contributed by atoms with Gasteiger partial charge in [-0.25, -0.2) is 14.4 Å². The van der Waals surface area contributed by atoms with Gasteiger partial charge in [-0.1, -0.05) is 12.1 Å². The number of benzene rings is 1. The number of halogens is 1. The van der Waals surface area contributed by atoms with Crippen molar-refractivity contribution in [1.29, 1.82) is 0 Å². The van der Waals surface area contributed by atoms with Crippen LogP contribution in [0.3, 0.4) is 0 Å². The number of nitrogen functional groups attached to an aromatic ring is 1. The first-order valence-corrected chi connectivity index (χ1v) is 8.83. The molecule has 0 aliphatic carbocycles. The Labute approximate surface area is 154 Å². The molecule has 0 aliphatic rings. The molecule has 134 valence electrons. The predicted octanol–water partition coefficient (Wildman–Crippen LogP) is 2.36. The molecule has 1 amide bonds. The van der Waals surface area contributed by atoms with Crippen molar-refractivity contribution in [1.82, 2.24) is 15.3 Å². The second-order valence-corrected chi connectivity index (χ2v) is 6.68. The summed E-state index contributed by atoms with van der Waals surface area (Å²) in [6.45, 7) is 0.637. The summed E-state index contributed by atoms with van der Waals surface area (Å²) in [6.07, 6.45) is 1.98. The second-order valence-electron chi connectivity index (χ2n) is 5.60. The largest absolute Gasteiger partial charge is 0.368 e. The van der Waals surface area contributed by atoms with E-state index in [4.69, 9.17) is 11.5 Å². The van der Waals surface area contributed by atoms with Crippen LogP contribution in [-0.2, 0) is 13.0 Å². The lowest BCUT2D eigenvalue weighted by molar-refractivity contribution is 0.0958. The van der Waals surface area contributed by atoms with Crippen molar-refractivity contribution in [3.8, 4) is 10.6 Å². The molecule has 6 nitrogen and oxygen atoms in total. The summed E-state index contributed by atoms with van der Waals surface area (Å²) in [5, 5.41) is 2.80. The number of hydrogen-bond acceptors (Lipinski definition) is 6.